The molecule has 0 saturated carbocycles. The number of fused-ring (bicyclic) bond motifs is 1. The molecule has 14 heteroatoms. The lowest BCUT2D eigenvalue weighted by Gasteiger charge is -2.28. The van der Waals surface area contributed by atoms with Crippen molar-refractivity contribution in [3.8, 4) is 0 Å². The van der Waals surface area contributed by atoms with Crippen LogP contribution in [0.1, 0.15) is 11.5 Å². The fourth-order valence-corrected chi connectivity index (χ4v) is 4.18. The Bertz CT molecular complexity index is 1600. The largest absolute Gasteiger partial charge is 0.391 e. The molecule has 0 fully saturated rings. The van der Waals surface area contributed by atoms with Crippen molar-refractivity contribution >= 4 is 63.2 Å². The smallest absolute Gasteiger partial charge is 0.358 e. The highest BCUT2D eigenvalue weighted by Crippen LogP contribution is 2.29. The van der Waals surface area contributed by atoms with E-state index in [0.717, 1.165) is 0 Å². The summed E-state index contributed by atoms with van der Waals surface area (Å²) in [5.74, 6) is 0.863. The first-order valence-corrected chi connectivity index (χ1v) is 12.5. The van der Waals surface area contributed by atoms with Crippen LogP contribution < -0.4 is 10.6 Å². The van der Waals surface area contributed by atoms with Crippen LogP contribution in [0.15, 0.2) is 48.9 Å². The number of imidazole rings is 1. The molecule has 202 valence electrons. The Morgan fingerprint density at radius 2 is 1.95 bits per heavy atom. The van der Waals surface area contributed by atoms with Crippen molar-refractivity contribution in [1.82, 2.24) is 24.5 Å². The highest BCUT2D eigenvalue weighted by Gasteiger charge is 2.29. The number of amides is 1. The van der Waals surface area contributed by atoms with Crippen molar-refractivity contribution < 1.29 is 14.2 Å². The Morgan fingerprint density at radius 1 is 1.18 bits per heavy atom. The van der Waals surface area contributed by atoms with E-state index in [1.165, 1.54) is 12.4 Å². The van der Waals surface area contributed by atoms with Gasteiger partial charge in [-0.3, -0.25) is 4.79 Å². The number of nitrogens with zero attached hydrogens (tertiary/aromatic N) is 7. The summed E-state index contributed by atoms with van der Waals surface area (Å²) >= 11 is 12.1. The summed E-state index contributed by atoms with van der Waals surface area (Å²) in [6.45, 7) is 2.53. The minimum Gasteiger partial charge on any atom is -0.358 e. The number of hydrogen-bond donors (Lipinski definition) is 2. The Kier molecular flexibility index (Phi) is 8.09. The normalized spacial score (nSPS) is 11.7. The third-order valence-electron chi connectivity index (χ3n) is 5.99. The number of hydrogen-bond acceptors (Lipinski definition) is 8. The van der Waals surface area contributed by atoms with Crippen LogP contribution >= 0.6 is 23.2 Å². The first-order valence-electron chi connectivity index (χ1n) is 11.7. The molecule has 1 aromatic carbocycles. The number of carbonyl (C=O) groups is 1. The van der Waals surface area contributed by atoms with Crippen molar-refractivity contribution in [1.29, 1.82) is 0 Å². The van der Waals surface area contributed by atoms with Crippen LogP contribution in [0.4, 0.5) is 23.1 Å². The molecule has 12 nitrogen and oxygen atoms in total. The highest BCUT2D eigenvalue weighted by molar-refractivity contribution is 6.42. The van der Waals surface area contributed by atoms with Crippen molar-refractivity contribution in [3.05, 3.63) is 80.6 Å². The average Bonchev–Trinajstić information content (AvgIpc) is 3.14. The SMILES string of the molecule is Cc1nc([N+](=O)[O-])c(C[N+](C)(C)C/C=C/C(=O)Nc2cc3c(Nc4ccc(Cl)c(Cl)c4)ncnc3cn2)n1C. The number of rotatable bonds is 9. The van der Waals surface area contributed by atoms with Gasteiger partial charge in [0.25, 0.3) is 0 Å². The van der Waals surface area contributed by atoms with Crippen molar-refractivity contribution in [2.45, 2.75) is 13.5 Å². The van der Waals surface area contributed by atoms with Gasteiger partial charge in [0.2, 0.25) is 11.7 Å². The highest BCUT2D eigenvalue weighted by atomic mass is 35.5. The maximum Gasteiger partial charge on any atom is 0.391 e. The van der Waals surface area contributed by atoms with Crippen LogP contribution in [-0.2, 0) is 18.4 Å². The number of carbonyl (C=O) groups excluding carboxylic acids is 1. The summed E-state index contributed by atoms with van der Waals surface area (Å²) < 4.78 is 2.09. The minimum atomic E-state index is -0.473. The maximum absolute atomic E-state index is 12.6. The number of aromatic nitrogens is 5. The fourth-order valence-electron chi connectivity index (χ4n) is 3.88. The lowest BCUT2D eigenvalue weighted by Crippen LogP contribution is -2.39. The molecule has 0 bridgehead atoms. The van der Waals surface area contributed by atoms with E-state index in [-0.39, 0.29) is 11.7 Å². The molecule has 3 aromatic heterocycles. The van der Waals surface area contributed by atoms with Gasteiger partial charge >= 0.3 is 5.82 Å². The van der Waals surface area contributed by atoms with E-state index in [1.807, 2.05) is 14.1 Å². The van der Waals surface area contributed by atoms with Gasteiger partial charge in [0.1, 0.15) is 24.5 Å². The summed E-state index contributed by atoms with van der Waals surface area (Å²) in [4.78, 5) is 40.4. The second-order valence-corrected chi connectivity index (χ2v) is 10.3. The second-order valence-electron chi connectivity index (χ2n) is 9.48. The lowest BCUT2D eigenvalue weighted by atomic mass is 10.2. The number of benzene rings is 1. The van der Waals surface area contributed by atoms with Gasteiger partial charge in [-0.1, -0.05) is 23.2 Å². The topological polar surface area (TPSA) is 141 Å². The molecule has 0 atom stereocenters. The number of anilines is 3. The van der Waals surface area contributed by atoms with Gasteiger partial charge in [-0.15, -0.1) is 0 Å². The van der Waals surface area contributed by atoms with Gasteiger partial charge in [-0.25, -0.2) is 15.0 Å². The van der Waals surface area contributed by atoms with Crippen LogP contribution in [0.25, 0.3) is 10.9 Å². The summed E-state index contributed by atoms with van der Waals surface area (Å²) in [5, 5.41) is 18.8. The zero-order valence-electron chi connectivity index (χ0n) is 21.6. The number of pyridine rings is 1. The van der Waals surface area contributed by atoms with Crippen LogP contribution in [-0.4, -0.2) is 60.5 Å². The van der Waals surface area contributed by atoms with Crippen LogP contribution in [0.5, 0.6) is 0 Å². The molecule has 0 aliphatic rings. The average molecular weight is 571 g/mol. The molecule has 0 unspecified atom stereocenters. The van der Waals surface area contributed by atoms with Crippen molar-refractivity contribution in [3.63, 3.8) is 0 Å². The van der Waals surface area contributed by atoms with E-state index in [0.29, 0.717) is 67.4 Å². The van der Waals surface area contributed by atoms with Crippen LogP contribution in [0.3, 0.4) is 0 Å². The van der Waals surface area contributed by atoms with E-state index < -0.39 is 4.92 Å². The van der Waals surface area contributed by atoms with Gasteiger partial charge in [0.15, 0.2) is 5.69 Å². The third kappa shape index (κ3) is 6.66. The molecule has 0 radical (unpaired) electrons. The monoisotopic (exact) mass is 570 g/mol. The summed E-state index contributed by atoms with van der Waals surface area (Å²) in [6.07, 6.45) is 6.07. The molecule has 0 saturated heterocycles. The van der Waals surface area contributed by atoms with Crippen molar-refractivity contribution in [2.75, 3.05) is 31.3 Å². The zero-order chi connectivity index (χ0) is 28.3. The first kappa shape index (κ1) is 27.9. The Labute approximate surface area is 234 Å². The van der Waals surface area contributed by atoms with E-state index in [4.69, 9.17) is 23.2 Å². The quantitative estimate of drug-likeness (QED) is 0.126. The molecule has 4 aromatic rings. The number of nitro groups is 1. The molecule has 3 heterocycles. The Hall–Kier alpha value is -4.13. The second kappa shape index (κ2) is 11.3. The van der Waals surface area contributed by atoms with Gasteiger partial charge in [-0.2, -0.15) is 0 Å². The molecule has 0 aliphatic carbocycles. The summed E-state index contributed by atoms with van der Waals surface area (Å²) in [7, 11) is 5.59. The number of halogens is 2. The lowest BCUT2D eigenvalue weighted by molar-refractivity contribution is -0.898. The Morgan fingerprint density at radius 3 is 2.67 bits per heavy atom. The van der Waals surface area contributed by atoms with Gasteiger partial charge in [0.05, 0.1) is 42.4 Å². The minimum absolute atomic E-state index is 0.151. The van der Waals surface area contributed by atoms with E-state index in [9.17, 15) is 14.9 Å². The summed E-state index contributed by atoms with van der Waals surface area (Å²) in [6, 6.07) is 6.80. The molecule has 0 spiro atoms. The van der Waals surface area contributed by atoms with Crippen LogP contribution in [0.2, 0.25) is 10.0 Å². The fraction of sp³-hybridized carbons (Fsp3) is 0.240. The predicted octanol–water partition coefficient (Wildman–Crippen LogP) is 4.80. The molecular weight excluding hydrogens is 545 g/mol. The number of aryl methyl sites for hydroxylation is 1. The van der Waals surface area contributed by atoms with Crippen LogP contribution in [0, 0.1) is 17.0 Å². The van der Waals surface area contributed by atoms with Gasteiger partial charge in [-0.05, 0) is 40.2 Å². The molecule has 0 aliphatic heterocycles. The molecular formula is C25H26Cl2N9O3+. The standard InChI is InChI=1S/C25H25Cl2N9O3/c1-15-31-25(35(38)39)21(34(15)2)13-36(3,4)9-5-6-23(37)33-22-11-17-20(12-28-22)29-14-30-24(17)32-16-7-8-18(26)19(27)10-16/h5-8,10-12,14H,9,13H2,1-4H3,(H-,28,29,30,32,33,37)/p+1/b6-5+. The predicted molar refractivity (Wildman–Crippen MR) is 150 cm³/mol. The molecule has 1 amide bonds. The van der Waals surface area contributed by atoms with Gasteiger partial charge < -0.3 is 29.8 Å². The van der Waals surface area contributed by atoms with E-state index in [2.05, 4.69) is 30.6 Å². The number of nitrogens with one attached hydrogen (secondary N) is 2. The molecule has 39 heavy (non-hydrogen) atoms. The molecule has 2 N–H and O–H groups in total. The maximum atomic E-state index is 12.6. The number of quaternary nitrogens is 1. The first-order chi connectivity index (χ1) is 18.4. The zero-order valence-corrected chi connectivity index (χ0v) is 23.2. The molecule has 4 rings (SSSR count). The van der Waals surface area contributed by atoms with Gasteiger partial charge in [0, 0.05) is 31.1 Å². The summed E-state index contributed by atoms with van der Waals surface area (Å²) in [5.41, 5.74) is 1.79. The van der Waals surface area contributed by atoms with E-state index >= 15 is 0 Å². The number of likely N-dealkylation sites (N-methyl/N-ethyl adjacent to an activating group) is 1. The van der Waals surface area contributed by atoms with Crippen molar-refractivity contribution in [2.24, 2.45) is 7.05 Å². The van der Waals surface area contributed by atoms with E-state index in [1.54, 1.807) is 55.1 Å². The Balaban J connectivity index is 1.44. The third-order valence-corrected chi connectivity index (χ3v) is 6.73.